The number of nitrogens with one attached hydrogen (secondary N) is 2. The molecule has 5 rings (SSSR count). The predicted molar refractivity (Wildman–Crippen MR) is 139 cm³/mol. The molecule has 0 saturated carbocycles. The molecule has 0 radical (unpaired) electrons. The summed E-state index contributed by atoms with van der Waals surface area (Å²) in [6.07, 6.45) is 3.59. The van der Waals surface area contributed by atoms with Gasteiger partial charge < -0.3 is 24.1 Å². The molecule has 2 aromatic carbocycles. The standard InChI is InChI=1S/C26H27F2N7O4/c1-34-8-10-35(11-9-34)14-15-13-31-25(32-15)33-26(36)39-17-5-4-16(23-24(17)30-7-6-29-23)20-21(27)18(37-2)12-19(38-3)22(20)28/h4-7,12-13H,8-11,14H2,1-3H3,(H2,31,32,33,36). The van der Waals surface area contributed by atoms with Crippen molar-refractivity contribution < 1.29 is 27.8 Å². The molecule has 0 unspecified atom stereocenters. The molecule has 1 aliphatic heterocycles. The van der Waals surface area contributed by atoms with E-state index in [0.717, 1.165) is 37.9 Å². The number of aromatic nitrogens is 4. The molecule has 3 heterocycles. The number of piperazine rings is 1. The Bertz CT molecular complexity index is 1480. The number of methoxy groups -OCH3 is 2. The molecule has 0 spiro atoms. The Morgan fingerprint density at radius 1 is 0.974 bits per heavy atom. The van der Waals surface area contributed by atoms with Crippen molar-refractivity contribution in [3.63, 3.8) is 0 Å². The van der Waals surface area contributed by atoms with Crippen molar-refractivity contribution >= 4 is 23.1 Å². The third-order valence-electron chi connectivity index (χ3n) is 6.47. The van der Waals surface area contributed by atoms with E-state index in [4.69, 9.17) is 14.2 Å². The first-order valence-electron chi connectivity index (χ1n) is 12.2. The topological polar surface area (TPSA) is 118 Å². The van der Waals surface area contributed by atoms with Crippen LogP contribution in [0.25, 0.3) is 22.2 Å². The van der Waals surface area contributed by atoms with E-state index in [1.54, 1.807) is 6.20 Å². The maximum Gasteiger partial charge on any atom is 0.419 e. The number of imidazole rings is 1. The second-order valence-electron chi connectivity index (χ2n) is 9.00. The van der Waals surface area contributed by atoms with Gasteiger partial charge in [0.25, 0.3) is 0 Å². The lowest BCUT2D eigenvalue weighted by atomic mass is 10.0. The monoisotopic (exact) mass is 539 g/mol. The number of carbonyl (C=O) groups excluding carboxylic acids is 1. The van der Waals surface area contributed by atoms with E-state index in [0.29, 0.717) is 6.54 Å². The fourth-order valence-electron chi connectivity index (χ4n) is 4.41. The van der Waals surface area contributed by atoms with Gasteiger partial charge in [-0.15, -0.1) is 0 Å². The number of hydrogen-bond acceptors (Lipinski definition) is 9. The first-order valence-corrected chi connectivity index (χ1v) is 12.2. The van der Waals surface area contributed by atoms with Crippen molar-refractivity contribution in [2.45, 2.75) is 6.54 Å². The van der Waals surface area contributed by atoms with Crippen molar-refractivity contribution in [1.82, 2.24) is 29.7 Å². The van der Waals surface area contributed by atoms with E-state index >= 15 is 8.78 Å². The molecule has 11 nitrogen and oxygen atoms in total. The van der Waals surface area contributed by atoms with Crippen molar-refractivity contribution in [3.8, 4) is 28.4 Å². The Balaban J connectivity index is 1.37. The molecule has 0 aliphatic carbocycles. The third-order valence-corrected chi connectivity index (χ3v) is 6.47. The van der Waals surface area contributed by atoms with E-state index < -0.39 is 23.3 Å². The Kier molecular flexibility index (Phi) is 7.52. The number of fused-ring (bicyclic) bond motifs is 1. The molecule has 13 heteroatoms. The van der Waals surface area contributed by atoms with Gasteiger partial charge in [-0.25, -0.2) is 23.5 Å². The largest absolute Gasteiger partial charge is 0.494 e. The quantitative estimate of drug-likeness (QED) is 0.363. The molecular weight excluding hydrogens is 512 g/mol. The predicted octanol–water partition coefficient (Wildman–Crippen LogP) is 3.67. The van der Waals surface area contributed by atoms with Crippen LogP contribution in [0.2, 0.25) is 0 Å². The Hall–Kier alpha value is -4.36. The van der Waals surface area contributed by atoms with E-state index in [1.165, 1.54) is 38.7 Å². The lowest BCUT2D eigenvalue weighted by Crippen LogP contribution is -2.43. The number of nitrogens with zero attached hydrogens (tertiary/aromatic N) is 5. The van der Waals surface area contributed by atoms with Gasteiger partial charge in [0.1, 0.15) is 11.0 Å². The van der Waals surface area contributed by atoms with Crippen molar-refractivity contribution in [2.24, 2.45) is 0 Å². The van der Waals surface area contributed by atoms with E-state index in [9.17, 15) is 4.79 Å². The minimum absolute atomic E-state index is 0.0410. The number of H-pyrrole nitrogens is 1. The summed E-state index contributed by atoms with van der Waals surface area (Å²) in [6, 6.07) is 3.90. The normalized spacial score (nSPS) is 14.4. The molecular formula is C26H27F2N7O4. The zero-order valence-corrected chi connectivity index (χ0v) is 21.6. The zero-order valence-electron chi connectivity index (χ0n) is 21.6. The molecule has 204 valence electrons. The third kappa shape index (κ3) is 5.45. The minimum atomic E-state index is -0.931. The summed E-state index contributed by atoms with van der Waals surface area (Å²) in [6.45, 7) is 4.56. The summed E-state index contributed by atoms with van der Waals surface area (Å²) in [7, 11) is 4.62. The maximum atomic E-state index is 15.2. The maximum absolute atomic E-state index is 15.2. The van der Waals surface area contributed by atoms with Crippen LogP contribution in [-0.2, 0) is 6.54 Å². The van der Waals surface area contributed by atoms with Crippen LogP contribution in [-0.4, -0.2) is 83.3 Å². The number of ether oxygens (including phenoxy) is 3. The van der Waals surface area contributed by atoms with E-state index in [1.807, 2.05) is 0 Å². The second kappa shape index (κ2) is 11.2. The molecule has 1 fully saturated rings. The van der Waals surface area contributed by atoms with Crippen LogP contribution in [0.5, 0.6) is 17.2 Å². The van der Waals surface area contributed by atoms with Crippen molar-refractivity contribution in [2.75, 3.05) is 52.8 Å². The van der Waals surface area contributed by atoms with Crippen LogP contribution >= 0.6 is 0 Å². The first kappa shape index (κ1) is 26.3. The summed E-state index contributed by atoms with van der Waals surface area (Å²) in [4.78, 5) is 33.0. The fourth-order valence-corrected chi connectivity index (χ4v) is 4.41. The summed E-state index contributed by atoms with van der Waals surface area (Å²) in [5.74, 6) is -2.00. The Morgan fingerprint density at radius 2 is 1.64 bits per heavy atom. The van der Waals surface area contributed by atoms with Gasteiger partial charge in [0.2, 0.25) is 5.95 Å². The zero-order chi connectivity index (χ0) is 27.5. The number of amides is 1. The molecule has 2 N–H and O–H groups in total. The van der Waals surface area contributed by atoms with Gasteiger partial charge in [-0.05, 0) is 19.2 Å². The molecule has 2 aromatic heterocycles. The van der Waals surface area contributed by atoms with Gasteiger partial charge in [0, 0.05) is 56.7 Å². The van der Waals surface area contributed by atoms with Gasteiger partial charge in [0.05, 0.1) is 31.7 Å². The Morgan fingerprint density at radius 3 is 2.31 bits per heavy atom. The SMILES string of the molecule is COc1cc(OC)c(F)c(-c2ccc(OC(=O)Nc3ncc(CN4CCN(C)CC4)[nH]3)c3nccnc23)c1F. The summed E-state index contributed by atoms with van der Waals surface area (Å²) in [5.41, 5.74) is 0.770. The number of anilines is 1. The highest BCUT2D eigenvalue weighted by Gasteiger charge is 2.25. The highest BCUT2D eigenvalue weighted by molar-refractivity contribution is 5.97. The molecule has 1 saturated heterocycles. The number of carbonyl (C=O) groups is 1. The number of benzene rings is 2. The second-order valence-corrected chi connectivity index (χ2v) is 9.00. The lowest BCUT2D eigenvalue weighted by molar-refractivity contribution is 0.147. The van der Waals surface area contributed by atoms with Crippen LogP contribution in [0, 0.1) is 11.6 Å². The summed E-state index contributed by atoms with van der Waals surface area (Å²) >= 11 is 0. The molecule has 4 aromatic rings. The number of hydrogen-bond donors (Lipinski definition) is 2. The van der Waals surface area contributed by atoms with Crippen LogP contribution < -0.4 is 19.5 Å². The molecule has 0 bridgehead atoms. The molecule has 1 amide bonds. The average Bonchev–Trinajstić information content (AvgIpc) is 3.37. The molecule has 0 atom stereocenters. The number of likely N-dealkylation sites (N-methyl/N-ethyl adjacent to an activating group) is 1. The molecule has 39 heavy (non-hydrogen) atoms. The van der Waals surface area contributed by atoms with Gasteiger partial charge >= 0.3 is 6.09 Å². The minimum Gasteiger partial charge on any atom is -0.494 e. The van der Waals surface area contributed by atoms with Crippen LogP contribution in [0.3, 0.4) is 0 Å². The highest BCUT2D eigenvalue weighted by atomic mass is 19.1. The molecule has 1 aliphatic rings. The van der Waals surface area contributed by atoms with Gasteiger partial charge in [-0.2, -0.15) is 0 Å². The van der Waals surface area contributed by atoms with Gasteiger partial charge in [0.15, 0.2) is 28.9 Å². The van der Waals surface area contributed by atoms with Crippen LogP contribution in [0.4, 0.5) is 19.5 Å². The van der Waals surface area contributed by atoms with E-state index in [2.05, 4.69) is 42.1 Å². The van der Waals surface area contributed by atoms with Crippen molar-refractivity contribution in [1.29, 1.82) is 0 Å². The van der Waals surface area contributed by atoms with Crippen LogP contribution in [0.1, 0.15) is 5.69 Å². The van der Waals surface area contributed by atoms with Gasteiger partial charge in [-0.1, -0.05) is 0 Å². The summed E-state index contributed by atoms with van der Waals surface area (Å²) < 4.78 is 46.0. The average molecular weight is 540 g/mol. The number of aromatic amines is 1. The van der Waals surface area contributed by atoms with Crippen molar-refractivity contribution in [3.05, 3.63) is 54.1 Å². The first-order chi connectivity index (χ1) is 18.9. The van der Waals surface area contributed by atoms with Crippen LogP contribution in [0.15, 0.2) is 36.8 Å². The highest BCUT2D eigenvalue weighted by Crippen LogP contribution is 2.41. The summed E-state index contributed by atoms with van der Waals surface area (Å²) in [5, 5.41) is 2.56. The fraction of sp³-hybridized carbons (Fsp3) is 0.308. The smallest absolute Gasteiger partial charge is 0.419 e. The lowest BCUT2D eigenvalue weighted by Gasteiger charge is -2.31. The van der Waals surface area contributed by atoms with E-state index in [-0.39, 0.29) is 39.8 Å². The Labute approximate surface area is 222 Å². The van der Waals surface area contributed by atoms with Gasteiger partial charge in [-0.3, -0.25) is 15.2 Å². The number of halogens is 2. The number of rotatable bonds is 7.